The highest BCUT2D eigenvalue weighted by Gasteiger charge is 2.17. The molecular formula is C13H14N2O3. The lowest BCUT2D eigenvalue weighted by Gasteiger charge is -2.24. The molecule has 5 heteroatoms. The van der Waals surface area contributed by atoms with E-state index >= 15 is 0 Å². The van der Waals surface area contributed by atoms with E-state index in [4.69, 9.17) is 4.74 Å². The normalized spacial score (nSPS) is 17.1. The second-order valence-electron chi connectivity index (χ2n) is 4.57. The number of hydrogen-bond acceptors (Lipinski definition) is 3. The second kappa shape index (κ2) is 4.42. The van der Waals surface area contributed by atoms with Crippen LogP contribution in [0.25, 0.3) is 10.9 Å². The summed E-state index contributed by atoms with van der Waals surface area (Å²) in [7, 11) is 0. The number of nitro benzene ring substituents is 1. The van der Waals surface area contributed by atoms with E-state index in [1.165, 1.54) is 0 Å². The van der Waals surface area contributed by atoms with Gasteiger partial charge in [0.2, 0.25) is 0 Å². The fourth-order valence-electron chi connectivity index (χ4n) is 2.55. The Morgan fingerprint density at radius 2 is 2.06 bits per heavy atom. The zero-order valence-corrected chi connectivity index (χ0v) is 9.91. The number of rotatable bonds is 2. The van der Waals surface area contributed by atoms with Gasteiger partial charge in [-0.3, -0.25) is 10.1 Å². The van der Waals surface area contributed by atoms with E-state index in [0.29, 0.717) is 6.04 Å². The van der Waals surface area contributed by atoms with E-state index in [-0.39, 0.29) is 10.6 Å². The van der Waals surface area contributed by atoms with Gasteiger partial charge < -0.3 is 9.30 Å². The highest BCUT2D eigenvalue weighted by molar-refractivity contribution is 5.82. The molecule has 94 valence electrons. The summed E-state index contributed by atoms with van der Waals surface area (Å²) >= 11 is 0. The van der Waals surface area contributed by atoms with Gasteiger partial charge in [0.05, 0.1) is 4.92 Å². The van der Waals surface area contributed by atoms with Crippen molar-refractivity contribution in [2.45, 2.75) is 18.9 Å². The summed E-state index contributed by atoms with van der Waals surface area (Å²) in [5.41, 5.74) is 1.21. The lowest BCUT2D eigenvalue weighted by Crippen LogP contribution is -2.18. The molecule has 1 fully saturated rings. The largest absolute Gasteiger partial charge is 0.381 e. The number of hydrogen-bond donors (Lipinski definition) is 0. The fraction of sp³-hybridized carbons (Fsp3) is 0.385. The third kappa shape index (κ3) is 1.86. The van der Waals surface area contributed by atoms with E-state index < -0.39 is 0 Å². The maximum Gasteiger partial charge on any atom is 0.270 e. The molecule has 1 aromatic carbocycles. The van der Waals surface area contributed by atoms with Crippen molar-refractivity contribution in [3.63, 3.8) is 0 Å². The van der Waals surface area contributed by atoms with Gasteiger partial charge in [-0.1, -0.05) is 0 Å². The molecule has 2 aromatic rings. The molecule has 0 bridgehead atoms. The van der Waals surface area contributed by atoms with Crippen LogP contribution in [0, 0.1) is 10.1 Å². The summed E-state index contributed by atoms with van der Waals surface area (Å²) in [6, 6.07) is 7.42. The van der Waals surface area contributed by atoms with E-state index in [1.54, 1.807) is 12.1 Å². The smallest absolute Gasteiger partial charge is 0.270 e. The van der Waals surface area contributed by atoms with Gasteiger partial charge in [-0.2, -0.15) is 0 Å². The molecule has 2 heterocycles. The lowest BCUT2D eigenvalue weighted by molar-refractivity contribution is -0.384. The number of nitrogens with zero attached hydrogens (tertiary/aromatic N) is 2. The van der Waals surface area contributed by atoms with Crippen LogP contribution in [0.5, 0.6) is 0 Å². The van der Waals surface area contributed by atoms with Gasteiger partial charge in [0.25, 0.3) is 5.69 Å². The van der Waals surface area contributed by atoms with E-state index in [2.05, 4.69) is 4.57 Å². The molecule has 0 aliphatic carbocycles. The van der Waals surface area contributed by atoms with Crippen molar-refractivity contribution in [2.75, 3.05) is 13.2 Å². The summed E-state index contributed by atoms with van der Waals surface area (Å²) in [4.78, 5) is 10.4. The summed E-state index contributed by atoms with van der Waals surface area (Å²) in [5.74, 6) is 0. The summed E-state index contributed by atoms with van der Waals surface area (Å²) in [6.07, 6.45) is 4.02. The third-order valence-corrected chi connectivity index (χ3v) is 3.50. The van der Waals surface area contributed by atoms with Gasteiger partial charge in [0.1, 0.15) is 0 Å². The summed E-state index contributed by atoms with van der Waals surface area (Å²) < 4.78 is 7.57. The molecule has 1 aliphatic rings. The van der Waals surface area contributed by atoms with Crippen LogP contribution in [-0.2, 0) is 4.74 Å². The molecule has 0 atom stereocenters. The molecule has 0 amide bonds. The first-order valence-corrected chi connectivity index (χ1v) is 6.08. The predicted molar refractivity (Wildman–Crippen MR) is 67.7 cm³/mol. The summed E-state index contributed by atoms with van der Waals surface area (Å²) in [5, 5.41) is 11.7. The first kappa shape index (κ1) is 11.2. The lowest BCUT2D eigenvalue weighted by atomic mass is 10.1. The Kier molecular flexibility index (Phi) is 2.76. The topological polar surface area (TPSA) is 57.3 Å². The first-order valence-electron chi connectivity index (χ1n) is 6.08. The first-order chi connectivity index (χ1) is 8.75. The van der Waals surface area contributed by atoms with Crippen molar-refractivity contribution >= 4 is 16.6 Å². The summed E-state index contributed by atoms with van der Waals surface area (Å²) in [6.45, 7) is 1.58. The van der Waals surface area contributed by atoms with Crippen LogP contribution >= 0.6 is 0 Å². The van der Waals surface area contributed by atoms with Gasteiger partial charge >= 0.3 is 0 Å². The van der Waals surface area contributed by atoms with E-state index in [9.17, 15) is 10.1 Å². The molecular weight excluding hydrogens is 232 g/mol. The van der Waals surface area contributed by atoms with Crippen LogP contribution in [0.1, 0.15) is 18.9 Å². The van der Waals surface area contributed by atoms with Crippen molar-refractivity contribution in [3.05, 3.63) is 40.6 Å². The van der Waals surface area contributed by atoms with Crippen molar-refractivity contribution in [2.24, 2.45) is 0 Å². The van der Waals surface area contributed by atoms with Gasteiger partial charge in [0.15, 0.2) is 0 Å². The molecule has 1 aromatic heterocycles. The Morgan fingerprint density at radius 3 is 2.78 bits per heavy atom. The van der Waals surface area contributed by atoms with Gasteiger partial charge in [-0.05, 0) is 25.0 Å². The Morgan fingerprint density at radius 1 is 1.28 bits per heavy atom. The van der Waals surface area contributed by atoms with Gasteiger partial charge in [0, 0.05) is 48.5 Å². The Labute approximate surface area is 104 Å². The highest BCUT2D eigenvalue weighted by Crippen LogP contribution is 2.28. The molecule has 0 spiro atoms. The monoisotopic (exact) mass is 246 g/mol. The molecule has 0 radical (unpaired) electrons. The molecule has 1 saturated heterocycles. The molecule has 1 aliphatic heterocycles. The van der Waals surface area contributed by atoms with Crippen molar-refractivity contribution < 1.29 is 9.66 Å². The molecule has 0 unspecified atom stereocenters. The van der Waals surface area contributed by atoms with Gasteiger partial charge in [-0.15, -0.1) is 0 Å². The van der Waals surface area contributed by atoms with Crippen LogP contribution in [0.3, 0.4) is 0 Å². The number of ether oxygens (including phenoxy) is 1. The number of benzene rings is 1. The minimum Gasteiger partial charge on any atom is -0.381 e. The Bertz CT molecular complexity index is 585. The van der Waals surface area contributed by atoms with Crippen LogP contribution in [0.2, 0.25) is 0 Å². The Balaban J connectivity index is 2.01. The molecule has 5 nitrogen and oxygen atoms in total. The Hall–Kier alpha value is -1.88. The van der Waals surface area contributed by atoms with Crippen molar-refractivity contribution in [1.82, 2.24) is 4.57 Å². The highest BCUT2D eigenvalue weighted by atomic mass is 16.6. The number of non-ortho nitro benzene ring substituents is 1. The molecule has 0 N–H and O–H groups in total. The molecule has 0 saturated carbocycles. The van der Waals surface area contributed by atoms with Crippen molar-refractivity contribution in [1.29, 1.82) is 0 Å². The minimum atomic E-state index is -0.356. The van der Waals surface area contributed by atoms with E-state index in [0.717, 1.165) is 37.0 Å². The quantitative estimate of drug-likeness (QED) is 0.604. The SMILES string of the molecule is O=[N+]([O-])c1ccc2c(ccn2C2CCOCC2)c1. The zero-order valence-electron chi connectivity index (χ0n) is 9.91. The maximum absolute atomic E-state index is 10.7. The predicted octanol–water partition coefficient (Wildman–Crippen LogP) is 2.90. The van der Waals surface area contributed by atoms with Crippen LogP contribution in [0.15, 0.2) is 30.5 Å². The number of fused-ring (bicyclic) bond motifs is 1. The third-order valence-electron chi connectivity index (χ3n) is 3.50. The van der Waals surface area contributed by atoms with Crippen LogP contribution in [0.4, 0.5) is 5.69 Å². The standard InChI is InChI=1S/C13H14N2O3/c16-15(17)12-1-2-13-10(9-12)3-6-14(13)11-4-7-18-8-5-11/h1-3,6,9,11H,4-5,7-8H2. The zero-order chi connectivity index (χ0) is 12.5. The van der Waals surface area contributed by atoms with E-state index in [1.807, 2.05) is 18.3 Å². The van der Waals surface area contributed by atoms with Gasteiger partial charge in [-0.25, -0.2) is 0 Å². The molecule has 18 heavy (non-hydrogen) atoms. The second-order valence-corrected chi connectivity index (χ2v) is 4.57. The molecule has 3 rings (SSSR count). The minimum absolute atomic E-state index is 0.146. The van der Waals surface area contributed by atoms with Crippen molar-refractivity contribution in [3.8, 4) is 0 Å². The average molecular weight is 246 g/mol. The van der Waals surface area contributed by atoms with Crippen LogP contribution < -0.4 is 0 Å². The van der Waals surface area contributed by atoms with Crippen LogP contribution in [-0.4, -0.2) is 22.7 Å². The average Bonchev–Trinajstić information content (AvgIpc) is 2.82. The number of aromatic nitrogens is 1. The maximum atomic E-state index is 10.7. The fourth-order valence-corrected chi connectivity index (χ4v) is 2.55. The number of nitro groups is 1.